The number of rotatable bonds is 8. The monoisotopic (exact) mass is 451 g/mol. The fourth-order valence-electron chi connectivity index (χ4n) is 2.37. The topological polar surface area (TPSA) is 97.4 Å². The van der Waals surface area contributed by atoms with Crippen LogP contribution in [-0.4, -0.2) is 32.5 Å². The number of nitrogens with zero attached hydrogens (tertiary/aromatic N) is 1. The highest BCUT2D eigenvalue weighted by Crippen LogP contribution is 2.23. The number of carbonyl (C=O) groups is 1. The number of thiazole rings is 1. The van der Waals surface area contributed by atoms with Gasteiger partial charge in [-0.1, -0.05) is 29.8 Å². The first-order valence-corrected chi connectivity index (χ1v) is 11.3. The molecule has 0 spiro atoms. The Balaban J connectivity index is 1.66. The molecule has 2 N–H and O–H groups in total. The van der Waals surface area contributed by atoms with E-state index < -0.39 is 15.9 Å². The zero-order valence-corrected chi connectivity index (χ0v) is 17.8. The molecule has 152 valence electrons. The molecule has 0 aliphatic rings. The van der Waals surface area contributed by atoms with Gasteiger partial charge in [-0.2, -0.15) is 0 Å². The summed E-state index contributed by atoms with van der Waals surface area (Å²) in [6.07, 6.45) is 0. The highest BCUT2D eigenvalue weighted by atomic mass is 35.5. The maximum atomic E-state index is 12.5. The molecular formula is C19H18ClN3O4S2. The predicted octanol–water partition coefficient (Wildman–Crippen LogP) is 3.71. The molecule has 7 nitrogen and oxygen atoms in total. The normalized spacial score (nSPS) is 11.2. The molecule has 0 aliphatic heterocycles. The number of carbonyl (C=O) groups excluding carboxylic acids is 1. The number of para-hydroxylation sites is 1. The number of hydrogen-bond donors (Lipinski definition) is 2. The van der Waals surface area contributed by atoms with E-state index in [-0.39, 0.29) is 28.6 Å². The van der Waals surface area contributed by atoms with Crippen LogP contribution in [0.2, 0.25) is 5.02 Å². The van der Waals surface area contributed by atoms with E-state index in [9.17, 15) is 13.2 Å². The molecule has 1 amide bonds. The molecule has 0 saturated carbocycles. The van der Waals surface area contributed by atoms with Crippen molar-refractivity contribution in [1.29, 1.82) is 0 Å². The first-order chi connectivity index (χ1) is 13.8. The van der Waals surface area contributed by atoms with Crippen molar-refractivity contribution < 1.29 is 17.9 Å². The number of nitrogens with one attached hydrogen (secondary N) is 2. The molecule has 0 radical (unpaired) electrons. The summed E-state index contributed by atoms with van der Waals surface area (Å²) in [6, 6.07) is 13.0. The van der Waals surface area contributed by atoms with Gasteiger partial charge in [0, 0.05) is 11.9 Å². The average Bonchev–Trinajstić information content (AvgIpc) is 3.11. The Kier molecular flexibility index (Phi) is 6.86. The first-order valence-electron chi connectivity index (χ1n) is 8.56. The molecular weight excluding hydrogens is 434 g/mol. The highest BCUT2D eigenvalue weighted by Gasteiger charge is 2.19. The molecule has 3 aromatic rings. The number of anilines is 1. The van der Waals surface area contributed by atoms with E-state index in [1.54, 1.807) is 24.4 Å². The van der Waals surface area contributed by atoms with Crippen LogP contribution in [0.25, 0.3) is 0 Å². The molecule has 0 bridgehead atoms. The second-order valence-corrected chi connectivity index (χ2v) is 8.98. The van der Waals surface area contributed by atoms with Gasteiger partial charge in [0.1, 0.15) is 12.4 Å². The van der Waals surface area contributed by atoms with Crippen molar-refractivity contribution in [2.24, 2.45) is 0 Å². The standard InChI is InChI=1S/C19H18ClN3O4S2/c1-13-12-28-19(22-13)23-18(24)16-11-15(7-8-17(16)20)29(25,26)21-9-10-27-14-5-3-2-4-6-14/h2-8,11-12,21H,9-10H2,1H3,(H,22,23,24). The molecule has 1 aromatic heterocycles. The molecule has 2 aromatic carbocycles. The minimum Gasteiger partial charge on any atom is -0.492 e. The number of sulfonamides is 1. The molecule has 0 atom stereocenters. The van der Waals surface area contributed by atoms with Gasteiger partial charge in [-0.25, -0.2) is 18.1 Å². The van der Waals surface area contributed by atoms with Gasteiger partial charge in [-0.15, -0.1) is 11.3 Å². The van der Waals surface area contributed by atoms with Crippen LogP contribution in [0.1, 0.15) is 16.1 Å². The smallest absolute Gasteiger partial charge is 0.259 e. The van der Waals surface area contributed by atoms with Crippen molar-refractivity contribution in [3.05, 3.63) is 70.2 Å². The van der Waals surface area contributed by atoms with E-state index in [2.05, 4.69) is 15.0 Å². The first kappa shape index (κ1) is 21.3. The lowest BCUT2D eigenvalue weighted by Crippen LogP contribution is -2.28. The summed E-state index contributed by atoms with van der Waals surface area (Å²) < 4.78 is 33.0. The summed E-state index contributed by atoms with van der Waals surface area (Å²) >= 11 is 7.36. The van der Waals surface area contributed by atoms with Crippen molar-refractivity contribution in [1.82, 2.24) is 9.71 Å². The van der Waals surface area contributed by atoms with Crippen molar-refractivity contribution in [3.63, 3.8) is 0 Å². The largest absolute Gasteiger partial charge is 0.492 e. The maximum absolute atomic E-state index is 12.5. The highest BCUT2D eigenvalue weighted by molar-refractivity contribution is 7.89. The van der Waals surface area contributed by atoms with Gasteiger partial charge in [0.15, 0.2) is 5.13 Å². The van der Waals surface area contributed by atoms with E-state index in [0.29, 0.717) is 10.9 Å². The number of hydrogen-bond acceptors (Lipinski definition) is 6. The second-order valence-electron chi connectivity index (χ2n) is 5.95. The summed E-state index contributed by atoms with van der Waals surface area (Å²) in [7, 11) is -3.84. The Labute approximate surface area is 177 Å². The van der Waals surface area contributed by atoms with Crippen LogP contribution in [0.4, 0.5) is 5.13 Å². The van der Waals surface area contributed by atoms with Crippen molar-refractivity contribution in [2.75, 3.05) is 18.5 Å². The van der Waals surface area contributed by atoms with E-state index in [1.165, 1.54) is 29.5 Å². The molecule has 0 fully saturated rings. The number of amides is 1. The Morgan fingerprint density at radius 2 is 1.97 bits per heavy atom. The summed E-state index contributed by atoms with van der Waals surface area (Å²) in [5.41, 5.74) is 0.817. The van der Waals surface area contributed by atoms with Gasteiger partial charge >= 0.3 is 0 Å². The van der Waals surface area contributed by atoms with Gasteiger partial charge in [0.05, 0.1) is 21.2 Å². The van der Waals surface area contributed by atoms with Crippen LogP contribution < -0.4 is 14.8 Å². The van der Waals surface area contributed by atoms with Crippen LogP contribution in [0.15, 0.2) is 58.8 Å². The number of aryl methyl sites for hydroxylation is 1. The quantitative estimate of drug-likeness (QED) is 0.509. The Hall–Kier alpha value is -2.46. The van der Waals surface area contributed by atoms with E-state index in [4.69, 9.17) is 16.3 Å². The van der Waals surface area contributed by atoms with Crippen molar-refractivity contribution >= 4 is 44.0 Å². The Morgan fingerprint density at radius 3 is 2.66 bits per heavy atom. The average molecular weight is 452 g/mol. The van der Waals surface area contributed by atoms with Crippen LogP contribution in [0.3, 0.4) is 0 Å². The van der Waals surface area contributed by atoms with E-state index >= 15 is 0 Å². The molecule has 0 unspecified atom stereocenters. The van der Waals surface area contributed by atoms with Gasteiger partial charge in [0.25, 0.3) is 5.91 Å². The van der Waals surface area contributed by atoms with Crippen LogP contribution >= 0.6 is 22.9 Å². The third kappa shape index (κ3) is 5.77. The van der Waals surface area contributed by atoms with E-state index in [1.807, 2.05) is 18.2 Å². The summed E-state index contributed by atoms with van der Waals surface area (Å²) in [6.45, 7) is 2.03. The summed E-state index contributed by atoms with van der Waals surface area (Å²) in [5.74, 6) is 0.114. The molecule has 0 aliphatic carbocycles. The fraction of sp³-hybridized carbons (Fsp3) is 0.158. The zero-order chi connectivity index (χ0) is 20.9. The van der Waals surface area contributed by atoms with Crippen LogP contribution in [0, 0.1) is 6.92 Å². The SMILES string of the molecule is Cc1csc(NC(=O)c2cc(S(=O)(=O)NCCOc3ccccc3)ccc2Cl)n1. The zero-order valence-electron chi connectivity index (χ0n) is 15.4. The maximum Gasteiger partial charge on any atom is 0.259 e. The predicted molar refractivity (Wildman–Crippen MR) is 113 cm³/mol. The third-order valence-corrected chi connectivity index (χ3v) is 6.40. The molecule has 1 heterocycles. The number of halogens is 1. The van der Waals surface area contributed by atoms with Gasteiger partial charge in [-0.3, -0.25) is 10.1 Å². The lowest BCUT2D eigenvalue weighted by Gasteiger charge is -2.10. The minimum absolute atomic E-state index is 0.0444. The molecule has 0 saturated heterocycles. The molecule has 3 rings (SSSR count). The second kappa shape index (κ2) is 9.36. The number of ether oxygens (including phenoxy) is 1. The van der Waals surface area contributed by atoms with Crippen LogP contribution in [-0.2, 0) is 10.0 Å². The number of aromatic nitrogens is 1. The van der Waals surface area contributed by atoms with Gasteiger partial charge < -0.3 is 4.74 Å². The molecule has 10 heteroatoms. The van der Waals surface area contributed by atoms with Gasteiger partial charge in [-0.05, 0) is 37.3 Å². The van der Waals surface area contributed by atoms with Crippen molar-refractivity contribution in [3.8, 4) is 5.75 Å². The summed E-state index contributed by atoms with van der Waals surface area (Å²) in [5, 5.41) is 4.96. The van der Waals surface area contributed by atoms with Gasteiger partial charge in [0.2, 0.25) is 10.0 Å². The lowest BCUT2D eigenvalue weighted by molar-refractivity contribution is 0.102. The van der Waals surface area contributed by atoms with Crippen molar-refractivity contribution in [2.45, 2.75) is 11.8 Å². The molecule has 29 heavy (non-hydrogen) atoms. The van der Waals surface area contributed by atoms with E-state index in [0.717, 1.165) is 5.69 Å². The summed E-state index contributed by atoms with van der Waals surface area (Å²) in [4.78, 5) is 16.6. The third-order valence-electron chi connectivity index (χ3n) is 3.74. The fourth-order valence-corrected chi connectivity index (χ4v) is 4.29. The number of benzene rings is 2. The Bertz CT molecular complexity index is 1100. The lowest BCUT2D eigenvalue weighted by atomic mass is 10.2. The van der Waals surface area contributed by atoms with Crippen LogP contribution in [0.5, 0.6) is 5.75 Å². The Morgan fingerprint density at radius 1 is 1.21 bits per heavy atom. The minimum atomic E-state index is -3.84.